The predicted molar refractivity (Wildman–Crippen MR) is 85.7 cm³/mol. The van der Waals surface area contributed by atoms with Gasteiger partial charge in [-0.25, -0.2) is 5.43 Å². The van der Waals surface area contributed by atoms with Gasteiger partial charge in [-0.2, -0.15) is 5.10 Å². The highest BCUT2D eigenvalue weighted by atomic mass is 79.9. The second-order valence-corrected chi connectivity index (χ2v) is 10.7. The minimum absolute atomic E-state index is 0.0776. The van der Waals surface area contributed by atoms with Crippen molar-refractivity contribution < 1.29 is 4.79 Å². The summed E-state index contributed by atoms with van der Waals surface area (Å²) >= 11 is 11.9. The van der Waals surface area contributed by atoms with Crippen molar-refractivity contribution in [3.05, 3.63) is 20.8 Å². The second-order valence-electron chi connectivity index (χ2n) is 4.46. The Hall–Kier alpha value is 0.280. The Kier molecular flexibility index (Phi) is 4.07. The van der Waals surface area contributed by atoms with E-state index in [-0.39, 0.29) is 9.14 Å². The molecule has 3 nitrogen and oxygen atoms in total. The number of hydrogen-bond donors (Lipinski definition) is 1. The molecule has 18 heavy (non-hydrogen) atoms. The lowest BCUT2D eigenvalue weighted by Crippen LogP contribution is -2.30. The molecule has 1 aromatic rings. The first-order valence-electron chi connectivity index (χ1n) is 5.24. The second kappa shape index (κ2) is 5.00. The molecule has 0 bridgehead atoms. The third-order valence-corrected chi connectivity index (χ3v) is 7.06. The van der Waals surface area contributed by atoms with Crippen LogP contribution in [0.4, 0.5) is 0 Å². The van der Waals surface area contributed by atoms with E-state index >= 15 is 0 Å². The molecule has 0 aliphatic heterocycles. The van der Waals surface area contributed by atoms with Crippen molar-refractivity contribution >= 4 is 70.7 Å². The smallest absolute Gasteiger partial charge is 0.248 e. The minimum atomic E-state index is -0.438. The molecule has 1 amide bonds. The van der Waals surface area contributed by atoms with Crippen LogP contribution < -0.4 is 5.43 Å². The molecule has 98 valence electrons. The third kappa shape index (κ3) is 2.73. The van der Waals surface area contributed by atoms with E-state index in [1.807, 2.05) is 26.0 Å². The highest BCUT2D eigenvalue weighted by molar-refractivity contribution is 9.25. The maximum atomic E-state index is 12.0. The van der Waals surface area contributed by atoms with Gasteiger partial charge in [-0.1, -0.05) is 31.9 Å². The van der Waals surface area contributed by atoms with E-state index in [1.54, 1.807) is 11.3 Å². The van der Waals surface area contributed by atoms with Gasteiger partial charge >= 0.3 is 0 Å². The molecule has 2 rings (SSSR count). The Balaban J connectivity index is 2.02. The Labute approximate surface area is 135 Å². The van der Waals surface area contributed by atoms with Crippen LogP contribution in [0.15, 0.2) is 21.0 Å². The normalized spacial score (nSPS) is 25.9. The molecule has 0 spiro atoms. The highest BCUT2D eigenvalue weighted by Gasteiger charge is 2.66. The summed E-state index contributed by atoms with van der Waals surface area (Å²) in [4.78, 5) is 13.0. The summed E-state index contributed by atoms with van der Waals surface area (Å²) < 4.78 is 0.763. The highest BCUT2D eigenvalue weighted by Crippen LogP contribution is 2.66. The monoisotopic (exact) mass is 456 g/mol. The molecule has 7 heteroatoms. The molecular weight excluding hydrogens is 448 g/mol. The third-order valence-electron chi connectivity index (χ3n) is 3.01. The van der Waals surface area contributed by atoms with Crippen molar-refractivity contribution in [1.29, 1.82) is 0 Å². The van der Waals surface area contributed by atoms with Crippen LogP contribution in [0.5, 0.6) is 0 Å². The number of hydrazone groups is 1. The predicted octanol–water partition coefficient (Wildman–Crippen LogP) is 4.25. The van der Waals surface area contributed by atoms with E-state index in [0.29, 0.717) is 0 Å². The van der Waals surface area contributed by atoms with Gasteiger partial charge < -0.3 is 0 Å². The molecule has 1 unspecified atom stereocenters. The molecule has 0 saturated heterocycles. The number of nitrogens with zero attached hydrogens (tertiary/aromatic N) is 1. The maximum absolute atomic E-state index is 12.0. The Morgan fingerprint density at radius 3 is 2.56 bits per heavy atom. The van der Waals surface area contributed by atoms with E-state index in [4.69, 9.17) is 0 Å². The number of hydrogen-bond acceptors (Lipinski definition) is 3. The van der Waals surface area contributed by atoms with E-state index in [0.717, 1.165) is 20.8 Å². The summed E-state index contributed by atoms with van der Waals surface area (Å²) in [5.41, 5.74) is 2.99. The van der Waals surface area contributed by atoms with Gasteiger partial charge in [0.2, 0.25) is 5.91 Å². The fraction of sp³-hybridized carbons (Fsp3) is 0.455. The van der Waals surface area contributed by atoms with Crippen LogP contribution in [0.3, 0.4) is 0 Å². The van der Waals surface area contributed by atoms with Crippen LogP contribution in [-0.2, 0) is 4.79 Å². The summed E-state index contributed by atoms with van der Waals surface area (Å²) in [5.74, 6) is -0.0776. The van der Waals surface area contributed by atoms with Gasteiger partial charge in [0.05, 0.1) is 23.0 Å². The number of carbonyl (C=O) groups is 1. The first-order valence-corrected chi connectivity index (χ1v) is 8.44. The van der Waals surface area contributed by atoms with Gasteiger partial charge in [0.25, 0.3) is 0 Å². The minimum Gasteiger partial charge on any atom is -0.272 e. The van der Waals surface area contributed by atoms with Crippen LogP contribution in [-0.4, -0.2) is 14.9 Å². The lowest BCUT2D eigenvalue weighted by atomic mass is 10.1. The standard InChI is InChI=1S/C11H11Br3N2OS/c1-6(7-3-4-8(12)18-7)15-16-9(17)10(2)5-11(10,13)14/h3-4H,5H2,1-2H3,(H,16,17). The largest absolute Gasteiger partial charge is 0.272 e. The summed E-state index contributed by atoms with van der Waals surface area (Å²) in [6.07, 6.45) is 0.755. The summed E-state index contributed by atoms with van der Waals surface area (Å²) in [7, 11) is 0. The molecular formula is C11H11Br3N2OS. The fourth-order valence-electron chi connectivity index (χ4n) is 1.47. The van der Waals surface area contributed by atoms with E-state index in [1.165, 1.54) is 0 Å². The number of halogens is 3. The molecule has 0 radical (unpaired) electrons. The molecule has 1 aliphatic rings. The van der Waals surface area contributed by atoms with Crippen molar-refractivity contribution in [2.45, 2.75) is 23.5 Å². The average Bonchev–Trinajstić information content (AvgIpc) is 2.63. The summed E-state index contributed by atoms with van der Waals surface area (Å²) in [6, 6.07) is 3.93. The zero-order chi connectivity index (χ0) is 13.6. The van der Waals surface area contributed by atoms with Gasteiger partial charge in [0.15, 0.2) is 0 Å². The molecule has 0 aromatic carbocycles. The average molecular weight is 459 g/mol. The van der Waals surface area contributed by atoms with Crippen molar-refractivity contribution in [3.63, 3.8) is 0 Å². The van der Waals surface area contributed by atoms with Gasteiger partial charge in [-0.15, -0.1) is 11.3 Å². The molecule has 1 aliphatic carbocycles. The van der Waals surface area contributed by atoms with Gasteiger partial charge in [-0.3, -0.25) is 4.79 Å². The molecule has 1 fully saturated rings. The van der Waals surface area contributed by atoms with E-state index < -0.39 is 5.41 Å². The molecule has 1 heterocycles. The number of amides is 1. The number of rotatable bonds is 3. The van der Waals surface area contributed by atoms with Crippen LogP contribution in [0, 0.1) is 5.41 Å². The van der Waals surface area contributed by atoms with Gasteiger partial charge in [0.1, 0.15) is 0 Å². The molecule has 1 atom stereocenters. The molecule has 1 N–H and O–H groups in total. The van der Waals surface area contributed by atoms with Crippen LogP contribution in [0.1, 0.15) is 25.1 Å². The Bertz CT molecular complexity index is 526. The maximum Gasteiger partial charge on any atom is 0.248 e. The number of carbonyl (C=O) groups excluding carboxylic acids is 1. The number of nitrogens with one attached hydrogen (secondary N) is 1. The zero-order valence-corrected chi connectivity index (χ0v) is 15.3. The zero-order valence-electron chi connectivity index (χ0n) is 9.76. The van der Waals surface area contributed by atoms with Crippen molar-refractivity contribution in [2.75, 3.05) is 0 Å². The summed E-state index contributed by atoms with van der Waals surface area (Å²) in [6.45, 7) is 3.78. The van der Waals surface area contributed by atoms with Crippen LogP contribution >= 0.6 is 59.1 Å². The fourth-order valence-corrected chi connectivity index (χ4v) is 4.28. The Morgan fingerprint density at radius 2 is 2.11 bits per heavy atom. The van der Waals surface area contributed by atoms with Crippen LogP contribution in [0.2, 0.25) is 0 Å². The SMILES string of the molecule is CC(=NNC(=O)C1(C)CC1(Br)Br)c1ccc(Br)s1. The first-order chi connectivity index (χ1) is 8.26. The lowest BCUT2D eigenvalue weighted by Gasteiger charge is -2.10. The lowest BCUT2D eigenvalue weighted by molar-refractivity contribution is -0.125. The first kappa shape index (κ1) is 14.7. The van der Waals surface area contributed by atoms with E-state index in [2.05, 4.69) is 58.3 Å². The molecule has 1 aromatic heterocycles. The van der Waals surface area contributed by atoms with Gasteiger partial charge in [0, 0.05) is 0 Å². The number of alkyl halides is 2. The quantitative estimate of drug-likeness (QED) is 0.410. The van der Waals surface area contributed by atoms with Crippen molar-refractivity contribution in [1.82, 2.24) is 5.43 Å². The van der Waals surface area contributed by atoms with Crippen molar-refractivity contribution in [3.8, 4) is 0 Å². The topological polar surface area (TPSA) is 41.5 Å². The Morgan fingerprint density at radius 1 is 1.50 bits per heavy atom. The van der Waals surface area contributed by atoms with Gasteiger partial charge in [-0.05, 0) is 48.3 Å². The summed E-state index contributed by atoms with van der Waals surface area (Å²) in [5, 5.41) is 4.14. The van der Waals surface area contributed by atoms with Crippen molar-refractivity contribution in [2.24, 2.45) is 10.5 Å². The van der Waals surface area contributed by atoms with Crippen LogP contribution in [0.25, 0.3) is 0 Å². The number of thiophene rings is 1. The molecule has 1 saturated carbocycles. The van der Waals surface area contributed by atoms with E-state index in [9.17, 15) is 4.79 Å².